The molecule has 1 aromatic carbocycles. The third-order valence-electron chi connectivity index (χ3n) is 3.51. The molecule has 1 atom stereocenters. The lowest BCUT2D eigenvalue weighted by molar-refractivity contribution is 0.00560. The van der Waals surface area contributed by atoms with Gasteiger partial charge in [0.1, 0.15) is 6.61 Å². The summed E-state index contributed by atoms with van der Waals surface area (Å²) in [5.74, 6) is 0. The van der Waals surface area contributed by atoms with E-state index in [2.05, 4.69) is 0 Å². The Kier molecular flexibility index (Phi) is 6.98. The van der Waals surface area contributed by atoms with Crippen molar-refractivity contribution in [1.82, 2.24) is 9.03 Å². The summed E-state index contributed by atoms with van der Waals surface area (Å²) in [4.78, 5) is 11.7. The second-order valence-corrected chi connectivity index (χ2v) is 6.98. The topological polar surface area (TPSA) is 94.2 Å². The molecule has 1 amide bonds. The molecule has 1 saturated heterocycles. The molecule has 1 aliphatic rings. The Balaban J connectivity index is 1.84. The van der Waals surface area contributed by atoms with Crippen molar-refractivity contribution in [3.8, 4) is 0 Å². The van der Waals surface area contributed by atoms with E-state index < -0.39 is 16.3 Å². The normalized spacial score (nSPS) is 19.5. The van der Waals surface area contributed by atoms with E-state index in [9.17, 15) is 13.2 Å². The van der Waals surface area contributed by atoms with Crippen molar-refractivity contribution >= 4 is 16.3 Å². The van der Waals surface area contributed by atoms with Gasteiger partial charge in [-0.2, -0.15) is 12.7 Å². The van der Waals surface area contributed by atoms with Gasteiger partial charge in [0, 0.05) is 20.2 Å². The monoisotopic (exact) mass is 358 g/mol. The van der Waals surface area contributed by atoms with E-state index >= 15 is 0 Å². The second-order valence-electron chi connectivity index (χ2n) is 5.30. The highest BCUT2D eigenvalue weighted by atomic mass is 32.2. The Morgan fingerprint density at radius 2 is 2.08 bits per heavy atom. The van der Waals surface area contributed by atoms with Gasteiger partial charge in [-0.1, -0.05) is 30.3 Å². The maximum Gasteiger partial charge on any atom is 0.422 e. The first-order valence-electron chi connectivity index (χ1n) is 7.60. The van der Waals surface area contributed by atoms with E-state index in [1.807, 2.05) is 10.8 Å². The highest BCUT2D eigenvalue weighted by molar-refractivity contribution is 7.87. The molecule has 1 heterocycles. The number of ether oxygens (including phenoxy) is 3. The van der Waals surface area contributed by atoms with Gasteiger partial charge in [0.2, 0.25) is 0 Å². The quantitative estimate of drug-likeness (QED) is 0.812. The number of benzene rings is 1. The molecule has 8 nitrogen and oxygen atoms in total. The molecule has 1 N–H and O–H groups in total. The Labute approximate surface area is 141 Å². The fourth-order valence-corrected chi connectivity index (χ4v) is 3.34. The first-order valence-corrected chi connectivity index (χ1v) is 9.04. The molecule has 1 aromatic rings. The summed E-state index contributed by atoms with van der Waals surface area (Å²) in [6, 6.07) is 9.02. The zero-order valence-corrected chi connectivity index (χ0v) is 14.3. The van der Waals surface area contributed by atoms with Crippen LogP contribution in [0, 0.1) is 0 Å². The lowest BCUT2D eigenvalue weighted by Crippen LogP contribution is -2.44. The summed E-state index contributed by atoms with van der Waals surface area (Å²) < 4.78 is 43.1. The fraction of sp³-hybridized carbons (Fsp3) is 0.533. The fourth-order valence-electron chi connectivity index (χ4n) is 2.28. The first-order chi connectivity index (χ1) is 11.5. The lowest BCUT2D eigenvalue weighted by Gasteiger charge is -2.19. The third kappa shape index (κ3) is 5.75. The molecular weight excluding hydrogens is 336 g/mol. The predicted molar refractivity (Wildman–Crippen MR) is 86.5 cm³/mol. The van der Waals surface area contributed by atoms with Crippen molar-refractivity contribution in [2.24, 2.45) is 0 Å². The SMILES string of the molecule is COC[C@@H]1CCN(S(=O)(=O)NC(=O)OCc2ccccc2)CCO1. The maximum absolute atomic E-state index is 12.3. The zero-order valence-electron chi connectivity index (χ0n) is 13.5. The number of rotatable bonds is 6. The molecule has 0 bridgehead atoms. The average Bonchev–Trinajstić information content (AvgIpc) is 2.80. The van der Waals surface area contributed by atoms with Crippen LogP contribution < -0.4 is 4.72 Å². The highest BCUT2D eigenvalue weighted by Gasteiger charge is 2.28. The molecule has 0 aromatic heterocycles. The van der Waals surface area contributed by atoms with Gasteiger partial charge in [0.25, 0.3) is 0 Å². The van der Waals surface area contributed by atoms with Gasteiger partial charge in [0.15, 0.2) is 0 Å². The van der Waals surface area contributed by atoms with Crippen molar-refractivity contribution in [2.45, 2.75) is 19.1 Å². The molecule has 2 rings (SSSR count). The zero-order chi connectivity index (χ0) is 17.4. The van der Waals surface area contributed by atoms with Gasteiger partial charge in [-0.3, -0.25) is 0 Å². The smallest absolute Gasteiger partial charge is 0.422 e. The summed E-state index contributed by atoms with van der Waals surface area (Å²) in [7, 11) is -2.40. The molecule has 1 aliphatic heterocycles. The van der Waals surface area contributed by atoms with E-state index in [1.54, 1.807) is 31.4 Å². The van der Waals surface area contributed by atoms with E-state index in [-0.39, 0.29) is 32.4 Å². The van der Waals surface area contributed by atoms with Crippen LogP contribution in [0.2, 0.25) is 0 Å². The van der Waals surface area contributed by atoms with Crippen molar-refractivity contribution in [2.75, 3.05) is 33.4 Å². The first kappa shape index (κ1) is 18.7. The van der Waals surface area contributed by atoms with Crippen LogP contribution in [0.4, 0.5) is 4.79 Å². The van der Waals surface area contributed by atoms with Gasteiger partial charge in [-0.25, -0.2) is 9.52 Å². The van der Waals surface area contributed by atoms with Crippen LogP contribution in [0.1, 0.15) is 12.0 Å². The molecule has 24 heavy (non-hydrogen) atoms. The number of carbonyl (C=O) groups is 1. The molecule has 0 aliphatic carbocycles. The van der Waals surface area contributed by atoms with Crippen LogP contribution in [0.15, 0.2) is 30.3 Å². The minimum Gasteiger partial charge on any atom is -0.444 e. The van der Waals surface area contributed by atoms with E-state index in [1.165, 1.54) is 4.31 Å². The van der Waals surface area contributed by atoms with Gasteiger partial charge >= 0.3 is 16.3 Å². The molecule has 0 saturated carbocycles. The molecule has 134 valence electrons. The van der Waals surface area contributed by atoms with Crippen LogP contribution in [0.25, 0.3) is 0 Å². The van der Waals surface area contributed by atoms with Crippen LogP contribution >= 0.6 is 0 Å². The highest BCUT2D eigenvalue weighted by Crippen LogP contribution is 2.10. The van der Waals surface area contributed by atoms with E-state index in [0.717, 1.165) is 5.56 Å². The summed E-state index contributed by atoms with van der Waals surface area (Å²) in [6.07, 6.45) is -0.661. The van der Waals surface area contributed by atoms with E-state index in [4.69, 9.17) is 14.2 Å². The molecule has 9 heteroatoms. The Morgan fingerprint density at radius 3 is 2.79 bits per heavy atom. The van der Waals surface area contributed by atoms with Crippen LogP contribution in [-0.4, -0.2) is 58.3 Å². The standard InChI is InChI=1S/C15H22N2O6S/c1-21-12-14-7-8-17(9-10-22-14)24(19,20)16-15(18)23-11-13-5-3-2-4-6-13/h2-6,14H,7-12H2,1H3,(H,16,18)/t14-/m0/s1. The summed E-state index contributed by atoms with van der Waals surface area (Å²) >= 11 is 0. The largest absolute Gasteiger partial charge is 0.444 e. The maximum atomic E-state index is 12.3. The van der Waals surface area contributed by atoms with Crippen LogP contribution in [-0.2, 0) is 31.0 Å². The number of nitrogens with one attached hydrogen (secondary N) is 1. The number of hydrogen-bond donors (Lipinski definition) is 1. The summed E-state index contributed by atoms with van der Waals surface area (Å²) in [5.41, 5.74) is 0.774. The molecule has 0 unspecified atom stereocenters. The molecular formula is C15H22N2O6S. The average molecular weight is 358 g/mol. The minimum atomic E-state index is -3.96. The summed E-state index contributed by atoms with van der Waals surface area (Å²) in [5, 5.41) is 0. The van der Waals surface area contributed by atoms with Crippen LogP contribution in [0.5, 0.6) is 0 Å². The lowest BCUT2D eigenvalue weighted by atomic mass is 10.2. The minimum absolute atomic E-state index is 0.00121. The predicted octanol–water partition coefficient (Wildman–Crippen LogP) is 0.895. The number of nitrogens with zero attached hydrogens (tertiary/aromatic N) is 1. The van der Waals surface area contributed by atoms with E-state index in [0.29, 0.717) is 13.0 Å². The third-order valence-corrected chi connectivity index (χ3v) is 4.98. The van der Waals surface area contributed by atoms with Crippen molar-refractivity contribution in [1.29, 1.82) is 0 Å². The van der Waals surface area contributed by atoms with Gasteiger partial charge in [0.05, 0.1) is 19.3 Å². The summed E-state index contributed by atoms with van der Waals surface area (Å²) in [6.45, 7) is 1.06. The Hall–Kier alpha value is -1.68. The molecule has 0 spiro atoms. The Morgan fingerprint density at radius 1 is 1.33 bits per heavy atom. The van der Waals surface area contributed by atoms with Gasteiger partial charge < -0.3 is 14.2 Å². The molecule has 0 radical (unpaired) electrons. The number of hydrogen-bond acceptors (Lipinski definition) is 6. The van der Waals surface area contributed by atoms with Gasteiger partial charge in [-0.05, 0) is 12.0 Å². The van der Waals surface area contributed by atoms with Gasteiger partial charge in [-0.15, -0.1) is 0 Å². The Bertz CT molecular complexity index is 622. The van der Waals surface area contributed by atoms with Crippen molar-refractivity contribution in [3.63, 3.8) is 0 Å². The second kappa shape index (κ2) is 8.97. The number of carbonyl (C=O) groups excluding carboxylic acids is 1. The number of amides is 1. The van der Waals surface area contributed by atoms with Crippen molar-refractivity contribution in [3.05, 3.63) is 35.9 Å². The van der Waals surface area contributed by atoms with Crippen LogP contribution in [0.3, 0.4) is 0 Å². The number of methoxy groups -OCH3 is 1. The van der Waals surface area contributed by atoms with Crippen molar-refractivity contribution < 1.29 is 27.4 Å². The molecule has 1 fully saturated rings.